The van der Waals surface area contributed by atoms with Gasteiger partial charge in [-0.05, 0) is 24.9 Å². The second-order valence-corrected chi connectivity index (χ2v) is 4.41. The number of rotatable bonds is 6. The van der Waals surface area contributed by atoms with E-state index in [1.54, 1.807) is 13.3 Å². The second kappa shape index (κ2) is 5.30. The molecule has 0 aromatic carbocycles. The molecule has 0 amide bonds. The summed E-state index contributed by atoms with van der Waals surface area (Å²) in [6.07, 6.45) is 7.63. The molecule has 1 aromatic heterocycles. The molecule has 88 valence electrons. The van der Waals surface area contributed by atoms with Crippen molar-refractivity contribution in [3.8, 4) is 5.75 Å². The molecule has 1 unspecified atom stereocenters. The molecular formula is C13H20N2O. The summed E-state index contributed by atoms with van der Waals surface area (Å²) >= 11 is 0. The van der Waals surface area contributed by atoms with Crippen LogP contribution in [0.2, 0.25) is 0 Å². The van der Waals surface area contributed by atoms with Gasteiger partial charge in [-0.2, -0.15) is 0 Å². The smallest absolute Gasteiger partial charge is 0.141 e. The fourth-order valence-electron chi connectivity index (χ4n) is 2.10. The first-order chi connectivity index (χ1) is 7.85. The molecule has 0 spiro atoms. The zero-order valence-electron chi connectivity index (χ0n) is 10.1. The largest absolute Gasteiger partial charge is 0.495 e. The van der Waals surface area contributed by atoms with Crippen LogP contribution in [0.25, 0.3) is 0 Å². The van der Waals surface area contributed by atoms with Crippen molar-refractivity contribution in [3.63, 3.8) is 0 Å². The molecule has 1 aliphatic rings. The molecule has 1 aliphatic carbocycles. The zero-order chi connectivity index (χ0) is 11.4. The Kier molecular flexibility index (Phi) is 3.78. The molecule has 1 aromatic rings. The van der Waals surface area contributed by atoms with Gasteiger partial charge in [0.2, 0.25) is 0 Å². The van der Waals surface area contributed by atoms with Gasteiger partial charge >= 0.3 is 0 Å². The van der Waals surface area contributed by atoms with Crippen molar-refractivity contribution in [1.82, 2.24) is 10.3 Å². The van der Waals surface area contributed by atoms with Gasteiger partial charge in [0, 0.05) is 17.8 Å². The highest BCUT2D eigenvalue weighted by Crippen LogP contribution is 2.39. The molecule has 0 bridgehead atoms. The molecule has 1 atom stereocenters. The lowest BCUT2D eigenvalue weighted by Crippen LogP contribution is -2.22. The van der Waals surface area contributed by atoms with Gasteiger partial charge in [0.15, 0.2) is 0 Å². The number of nitrogens with zero attached hydrogens (tertiary/aromatic N) is 1. The molecule has 0 aliphatic heterocycles. The van der Waals surface area contributed by atoms with E-state index in [9.17, 15) is 0 Å². The van der Waals surface area contributed by atoms with E-state index < -0.39 is 0 Å². The van der Waals surface area contributed by atoms with E-state index in [2.05, 4.69) is 23.3 Å². The monoisotopic (exact) mass is 220 g/mol. The summed E-state index contributed by atoms with van der Waals surface area (Å²) in [7, 11) is 1.71. The standard InChI is InChI=1S/C13H20N2O/c1-3-15-12(8-10-4-5-10)11-6-7-14-9-13(11)16-2/h6-7,9-10,12,15H,3-5,8H2,1-2H3. The van der Waals surface area contributed by atoms with Crippen LogP contribution in [0.1, 0.15) is 37.8 Å². The van der Waals surface area contributed by atoms with Crippen LogP contribution in [-0.2, 0) is 0 Å². The van der Waals surface area contributed by atoms with Crippen molar-refractivity contribution in [2.24, 2.45) is 5.92 Å². The summed E-state index contributed by atoms with van der Waals surface area (Å²) in [5.74, 6) is 1.80. The quantitative estimate of drug-likeness (QED) is 0.800. The van der Waals surface area contributed by atoms with E-state index in [-0.39, 0.29) is 0 Å². The predicted octanol–water partition coefficient (Wildman–Crippen LogP) is 2.54. The Hall–Kier alpha value is -1.09. The molecule has 1 saturated carbocycles. The zero-order valence-corrected chi connectivity index (χ0v) is 10.1. The Balaban J connectivity index is 2.14. The Morgan fingerprint density at radius 1 is 1.56 bits per heavy atom. The SMILES string of the molecule is CCNC(CC1CC1)c1ccncc1OC. The lowest BCUT2D eigenvalue weighted by atomic mass is 10.0. The summed E-state index contributed by atoms with van der Waals surface area (Å²) < 4.78 is 5.37. The average Bonchev–Trinajstić information content (AvgIpc) is 3.12. The first-order valence-corrected chi connectivity index (χ1v) is 6.06. The maximum Gasteiger partial charge on any atom is 0.141 e. The number of aromatic nitrogens is 1. The highest BCUT2D eigenvalue weighted by Gasteiger charge is 2.27. The third-order valence-corrected chi connectivity index (χ3v) is 3.13. The highest BCUT2D eigenvalue weighted by molar-refractivity contribution is 5.33. The number of hydrogen-bond donors (Lipinski definition) is 1. The van der Waals surface area contributed by atoms with Crippen molar-refractivity contribution in [2.75, 3.05) is 13.7 Å². The van der Waals surface area contributed by atoms with Gasteiger partial charge in [0.1, 0.15) is 5.75 Å². The van der Waals surface area contributed by atoms with Crippen LogP contribution in [0.5, 0.6) is 5.75 Å². The van der Waals surface area contributed by atoms with Gasteiger partial charge in [-0.25, -0.2) is 0 Å². The summed E-state index contributed by atoms with van der Waals surface area (Å²) in [6.45, 7) is 3.14. The van der Waals surface area contributed by atoms with E-state index in [0.717, 1.165) is 18.2 Å². The third-order valence-electron chi connectivity index (χ3n) is 3.13. The topological polar surface area (TPSA) is 34.2 Å². The molecule has 3 heteroatoms. The second-order valence-electron chi connectivity index (χ2n) is 4.41. The molecule has 16 heavy (non-hydrogen) atoms. The minimum atomic E-state index is 0.412. The molecule has 1 N–H and O–H groups in total. The molecule has 1 fully saturated rings. The number of nitrogens with one attached hydrogen (secondary N) is 1. The summed E-state index contributed by atoms with van der Waals surface area (Å²) in [6, 6.07) is 2.48. The summed E-state index contributed by atoms with van der Waals surface area (Å²) in [5.41, 5.74) is 1.24. The Labute approximate surface area is 97.2 Å². The first kappa shape index (κ1) is 11.4. The summed E-state index contributed by atoms with van der Waals surface area (Å²) in [4.78, 5) is 4.10. The maximum absolute atomic E-state index is 5.37. The van der Waals surface area contributed by atoms with E-state index in [1.807, 2.05) is 6.20 Å². The van der Waals surface area contributed by atoms with Crippen LogP contribution in [-0.4, -0.2) is 18.6 Å². The number of methoxy groups -OCH3 is 1. The van der Waals surface area contributed by atoms with Gasteiger partial charge < -0.3 is 10.1 Å². The van der Waals surface area contributed by atoms with E-state index in [1.165, 1.54) is 24.8 Å². The normalized spacial score (nSPS) is 17.1. The van der Waals surface area contributed by atoms with E-state index in [0.29, 0.717) is 6.04 Å². The van der Waals surface area contributed by atoms with Crippen molar-refractivity contribution in [1.29, 1.82) is 0 Å². The number of hydrogen-bond acceptors (Lipinski definition) is 3. The Bertz CT molecular complexity index is 336. The summed E-state index contributed by atoms with van der Waals surface area (Å²) in [5, 5.41) is 3.54. The van der Waals surface area contributed by atoms with Crippen molar-refractivity contribution >= 4 is 0 Å². The Morgan fingerprint density at radius 3 is 3.00 bits per heavy atom. The molecule has 0 saturated heterocycles. The maximum atomic E-state index is 5.37. The van der Waals surface area contributed by atoms with Crippen LogP contribution in [0.15, 0.2) is 18.5 Å². The molecule has 2 rings (SSSR count). The van der Waals surface area contributed by atoms with Crippen molar-refractivity contribution < 1.29 is 4.74 Å². The predicted molar refractivity (Wildman–Crippen MR) is 64.5 cm³/mol. The van der Waals surface area contributed by atoms with Gasteiger partial charge in [-0.3, -0.25) is 4.98 Å². The van der Waals surface area contributed by atoms with Gasteiger partial charge in [-0.15, -0.1) is 0 Å². The Morgan fingerprint density at radius 2 is 2.38 bits per heavy atom. The lowest BCUT2D eigenvalue weighted by molar-refractivity contribution is 0.391. The first-order valence-electron chi connectivity index (χ1n) is 6.06. The molecule has 0 radical (unpaired) electrons. The molecule has 3 nitrogen and oxygen atoms in total. The minimum absolute atomic E-state index is 0.412. The van der Waals surface area contributed by atoms with Crippen LogP contribution >= 0.6 is 0 Å². The number of pyridine rings is 1. The fraction of sp³-hybridized carbons (Fsp3) is 0.615. The van der Waals surface area contributed by atoms with Crippen LogP contribution in [0.3, 0.4) is 0 Å². The van der Waals surface area contributed by atoms with Crippen molar-refractivity contribution in [2.45, 2.75) is 32.2 Å². The van der Waals surface area contributed by atoms with Crippen molar-refractivity contribution in [3.05, 3.63) is 24.0 Å². The third kappa shape index (κ3) is 2.73. The van der Waals surface area contributed by atoms with Crippen LogP contribution in [0, 0.1) is 5.92 Å². The molecular weight excluding hydrogens is 200 g/mol. The fourth-order valence-corrected chi connectivity index (χ4v) is 2.10. The van der Waals surface area contributed by atoms with Crippen LogP contribution in [0.4, 0.5) is 0 Å². The van der Waals surface area contributed by atoms with Gasteiger partial charge in [0.05, 0.1) is 13.3 Å². The highest BCUT2D eigenvalue weighted by atomic mass is 16.5. The minimum Gasteiger partial charge on any atom is -0.495 e. The van der Waals surface area contributed by atoms with E-state index in [4.69, 9.17) is 4.74 Å². The molecule has 1 heterocycles. The van der Waals surface area contributed by atoms with Crippen LogP contribution < -0.4 is 10.1 Å². The number of ether oxygens (including phenoxy) is 1. The van der Waals surface area contributed by atoms with E-state index >= 15 is 0 Å². The lowest BCUT2D eigenvalue weighted by Gasteiger charge is -2.20. The van der Waals surface area contributed by atoms with Gasteiger partial charge in [0.25, 0.3) is 0 Å². The van der Waals surface area contributed by atoms with Gasteiger partial charge in [-0.1, -0.05) is 19.8 Å². The average molecular weight is 220 g/mol.